The Labute approximate surface area is 189 Å². The SMILES string of the molecule is O=C(NCCN1CCOCC1)c1cccc(C2CCCN(C(=O)Nc3ccccc3)C2)c1. The van der Waals surface area contributed by atoms with Gasteiger partial charge in [-0.3, -0.25) is 9.69 Å². The molecule has 2 heterocycles. The fraction of sp³-hybridized carbons (Fsp3) is 0.440. The van der Waals surface area contributed by atoms with Crippen LogP contribution in [0.2, 0.25) is 0 Å². The zero-order valence-electron chi connectivity index (χ0n) is 18.5. The predicted octanol–water partition coefficient (Wildman–Crippen LogP) is 3.16. The number of para-hydroxylation sites is 1. The number of carbonyl (C=O) groups is 2. The zero-order chi connectivity index (χ0) is 22.2. The Hall–Kier alpha value is -2.90. The molecule has 2 saturated heterocycles. The summed E-state index contributed by atoms with van der Waals surface area (Å²) in [6.07, 6.45) is 1.96. The molecule has 2 aromatic carbocycles. The highest BCUT2D eigenvalue weighted by molar-refractivity contribution is 5.94. The number of hydrogen-bond donors (Lipinski definition) is 2. The molecule has 0 radical (unpaired) electrons. The van der Waals surface area contributed by atoms with Gasteiger partial charge in [0, 0.05) is 56.4 Å². The Kier molecular flexibility index (Phi) is 7.74. The van der Waals surface area contributed by atoms with E-state index in [1.54, 1.807) is 0 Å². The third-order valence-corrected chi connectivity index (χ3v) is 6.17. The number of urea groups is 1. The number of amides is 3. The number of morpholine rings is 1. The molecule has 0 aliphatic carbocycles. The maximum Gasteiger partial charge on any atom is 0.321 e. The minimum absolute atomic E-state index is 0.0467. The normalized spacial score (nSPS) is 19.4. The molecular formula is C25H32N4O3. The van der Waals surface area contributed by atoms with E-state index in [-0.39, 0.29) is 17.9 Å². The third kappa shape index (κ3) is 6.08. The van der Waals surface area contributed by atoms with Crippen LogP contribution in [0.1, 0.15) is 34.7 Å². The van der Waals surface area contributed by atoms with Crippen molar-refractivity contribution in [3.63, 3.8) is 0 Å². The van der Waals surface area contributed by atoms with Gasteiger partial charge in [-0.05, 0) is 42.7 Å². The summed E-state index contributed by atoms with van der Waals surface area (Å²) in [5, 5.41) is 6.01. The lowest BCUT2D eigenvalue weighted by Gasteiger charge is -2.33. The van der Waals surface area contributed by atoms with Crippen molar-refractivity contribution in [1.82, 2.24) is 15.1 Å². The molecule has 0 bridgehead atoms. The van der Waals surface area contributed by atoms with E-state index in [1.807, 2.05) is 53.4 Å². The Morgan fingerprint density at radius 2 is 1.81 bits per heavy atom. The largest absolute Gasteiger partial charge is 0.379 e. The summed E-state index contributed by atoms with van der Waals surface area (Å²) in [5.41, 5.74) is 2.59. The number of nitrogens with one attached hydrogen (secondary N) is 2. The first-order valence-electron chi connectivity index (χ1n) is 11.5. The highest BCUT2D eigenvalue weighted by atomic mass is 16.5. The number of carbonyl (C=O) groups excluding carboxylic acids is 2. The van der Waals surface area contributed by atoms with Crippen LogP contribution in [0.3, 0.4) is 0 Å². The second kappa shape index (κ2) is 11.1. The van der Waals surface area contributed by atoms with E-state index in [4.69, 9.17) is 4.74 Å². The summed E-state index contributed by atoms with van der Waals surface area (Å²) < 4.78 is 5.36. The molecule has 2 fully saturated rings. The first-order chi connectivity index (χ1) is 15.7. The maximum atomic E-state index is 12.7. The molecule has 3 amide bonds. The van der Waals surface area contributed by atoms with Crippen molar-refractivity contribution >= 4 is 17.6 Å². The highest BCUT2D eigenvalue weighted by Gasteiger charge is 2.25. The number of anilines is 1. The van der Waals surface area contributed by atoms with Crippen LogP contribution < -0.4 is 10.6 Å². The summed E-state index contributed by atoms with van der Waals surface area (Å²) in [6.45, 7) is 6.22. The van der Waals surface area contributed by atoms with Gasteiger partial charge in [0.1, 0.15) is 0 Å². The molecule has 2 aliphatic heterocycles. The lowest BCUT2D eigenvalue weighted by molar-refractivity contribution is 0.0383. The van der Waals surface area contributed by atoms with Gasteiger partial charge in [0.25, 0.3) is 5.91 Å². The first-order valence-corrected chi connectivity index (χ1v) is 11.5. The van der Waals surface area contributed by atoms with Crippen LogP contribution in [0.15, 0.2) is 54.6 Å². The molecule has 1 unspecified atom stereocenters. The van der Waals surface area contributed by atoms with Crippen LogP contribution >= 0.6 is 0 Å². The minimum atomic E-state index is -0.0714. The minimum Gasteiger partial charge on any atom is -0.379 e. The summed E-state index contributed by atoms with van der Waals surface area (Å²) in [4.78, 5) is 29.5. The van der Waals surface area contributed by atoms with Crippen molar-refractivity contribution in [3.05, 3.63) is 65.7 Å². The van der Waals surface area contributed by atoms with Crippen molar-refractivity contribution in [1.29, 1.82) is 0 Å². The fourth-order valence-corrected chi connectivity index (χ4v) is 4.35. The van der Waals surface area contributed by atoms with E-state index >= 15 is 0 Å². The van der Waals surface area contributed by atoms with Crippen LogP contribution in [0.25, 0.3) is 0 Å². The first kappa shape index (κ1) is 22.3. The van der Waals surface area contributed by atoms with Gasteiger partial charge in [0.05, 0.1) is 13.2 Å². The van der Waals surface area contributed by atoms with E-state index in [0.717, 1.165) is 63.5 Å². The van der Waals surface area contributed by atoms with Crippen LogP contribution in [0, 0.1) is 0 Å². The van der Waals surface area contributed by atoms with Crippen LogP contribution in [-0.2, 0) is 4.74 Å². The predicted molar refractivity (Wildman–Crippen MR) is 125 cm³/mol. The summed E-state index contributed by atoms with van der Waals surface area (Å²) in [7, 11) is 0. The molecule has 0 aromatic heterocycles. The zero-order valence-corrected chi connectivity index (χ0v) is 18.5. The molecule has 7 nitrogen and oxygen atoms in total. The van der Waals surface area contributed by atoms with Crippen molar-refractivity contribution in [2.24, 2.45) is 0 Å². The number of hydrogen-bond acceptors (Lipinski definition) is 4. The molecular weight excluding hydrogens is 404 g/mol. The Morgan fingerprint density at radius 1 is 1.00 bits per heavy atom. The van der Waals surface area contributed by atoms with Gasteiger partial charge < -0.3 is 20.3 Å². The second-order valence-corrected chi connectivity index (χ2v) is 8.42. The van der Waals surface area contributed by atoms with E-state index in [2.05, 4.69) is 21.6 Å². The topological polar surface area (TPSA) is 73.9 Å². The van der Waals surface area contributed by atoms with Crippen LogP contribution in [0.4, 0.5) is 10.5 Å². The summed E-state index contributed by atoms with van der Waals surface area (Å²) >= 11 is 0. The number of ether oxygens (including phenoxy) is 1. The van der Waals surface area contributed by atoms with Crippen molar-refractivity contribution in [3.8, 4) is 0 Å². The number of rotatable bonds is 6. The van der Waals surface area contributed by atoms with E-state index in [0.29, 0.717) is 18.7 Å². The molecule has 2 aromatic rings. The Balaban J connectivity index is 1.31. The number of likely N-dealkylation sites (tertiary alicyclic amines) is 1. The molecule has 2 aliphatic rings. The van der Waals surface area contributed by atoms with Gasteiger partial charge in [-0.1, -0.05) is 30.3 Å². The Bertz CT molecular complexity index is 899. The average molecular weight is 437 g/mol. The molecule has 32 heavy (non-hydrogen) atoms. The van der Waals surface area contributed by atoms with Crippen LogP contribution in [-0.4, -0.2) is 74.2 Å². The van der Waals surface area contributed by atoms with Gasteiger partial charge in [-0.2, -0.15) is 0 Å². The van der Waals surface area contributed by atoms with Gasteiger partial charge in [0.15, 0.2) is 0 Å². The van der Waals surface area contributed by atoms with Crippen molar-refractivity contribution in [2.45, 2.75) is 18.8 Å². The lowest BCUT2D eigenvalue weighted by Crippen LogP contribution is -2.41. The molecule has 0 saturated carbocycles. The molecule has 0 spiro atoms. The molecule has 2 N–H and O–H groups in total. The lowest BCUT2D eigenvalue weighted by atomic mass is 9.89. The van der Waals surface area contributed by atoms with Crippen LogP contribution in [0.5, 0.6) is 0 Å². The van der Waals surface area contributed by atoms with E-state index < -0.39 is 0 Å². The molecule has 1 atom stereocenters. The summed E-state index contributed by atoms with van der Waals surface area (Å²) in [5.74, 6) is 0.181. The van der Waals surface area contributed by atoms with Crippen molar-refractivity contribution in [2.75, 3.05) is 57.8 Å². The monoisotopic (exact) mass is 436 g/mol. The molecule has 170 valence electrons. The molecule has 7 heteroatoms. The molecule has 4 rings (SSSR count). The number of nitrogens with zero attached hydrogens (tertiary/aromatic N) is 2. The van der Waals surface area contributed by atoms with Gasteiger partial charge in [0.2, 0.25) is 0 Å². The third-order valence-electron chi connectivity index (χ3n) is 6.17. The van der Waals surface area contributed by atoms with Gasteiger partial charge in [-0.15, -0.1) is 0 Å². The maximum absolute atomic E-state index is 12.7. The highest BCUT2D eigenvalue weighted by Crippen LogP contribution is 2.28. The van der Waals surface area contributed by atoms with Crippen molar-refractivity contribution < 1.29 is 14.3 Å². The van der Waals surface area contributed by atoms with Gasteiger partial charge >= 0.3 is 6.03 Å². The Morgan fingerprint density at radius 3 is 2.62 bits per heavy atom. The standard InChI is InChI=1S/C25H32N4O3/c30-24(26-11-13-28-14-16-32-17-15-28)21-7-4-6-20(18-21)22-8-5-12-29(19-22)25(31)27-23-9-2-1-3-10-23/h1-4,6-7,9-10,18,22H,5,8,11-17,19H2,(H,26,30)(H,27,31). The number of benzene rings is 2. The fourth-order valence-electron chi connectivity index (χ4n) is 4.35. The summed E-state index contributed by atoms with van der Waals surface area (Å²) in [6, 6.07) is 17.3. The van der Waals surface area contributed by atoms with Gasteiger partial charge in [-0.25, -0.2) is 4.79 Å². The number of piperidine rings is 1. The van der Waals surface area contributed by atoms with E-state index in [9.17, 15) is 9.59 Å². The average Bonchev–Trinajstić information content (AvgIpc) is 2.85. The smallest absolute Gasteiger partial charge is 0.321 e. The second-order valence-electron chi connectivity index (χ2n) is 8.42. The van der Waals surface area contributed by atoms with E-state index in [1.165, 1.54) is 0 Å². The quantitative estimate of drug-likeness (QED) is 0.730.